The zero-order chi connectivity index (χ0) is 41.0. The van der Waals surface area contributed by atoms with Gasteiger partial charge in [0.2, 0.25) is 5.95 Å². The highest BCUT2D eigenvalue weighted by Crippen LogP contribution is 2.38. The van der Waals surface area contributed by atoms with Crippen LogP contribution in [0.3, 0.4) is 0 Å². The van der Waals surface area contributed by atoms with E-state index in [1.807, 2.05) is 60.7 Å². The van der Waals surface area contributed by atoms with E-state index in [2.05, 4.69) is 173 Å². The van der Waals surface area contributed by atoms with Crippen LogP contribution < -0.4 is 0 Å². The van der Waals surface area contributed by atoms with E-state index in [0.29, 0.717) is 17.6 Å². The molecule has 0 aliphatic rings. The molecule has 0 unspecified atom stereocenters. The average molecular weight is 792 g/mol. The molecule has 0 radical (unpaired) electrons. The van der Waals surface area contributed by atoms with E-state index in [0.717, 1.165) is 49.7 Å². The minimum absolute atomic E-state index is 0.583. The molecule has 9 aromatic carbocycles. The van der Waals surface area contributed by atoms with E-state index < -0.39 is 0 Å². The van der Waals surface area contributed by atoms with Gasteiger partial charge in [0.1, 0.15) is 0 Å². The fourth-order valence-electron chi connectivity index (χ4n) is 9.01. The van der Waals surface area contributed by atoms with Crippen molar-refractivity contribution in [2.45, 2.75) is 0 Å². The number of hydrogen-bond acceptors (Lipinski definition) is 3. The van der Waals surface area contributed by atoms with E-state index in [-0.39, 0.29) is 0 Å². The van der Waals surface area contributed by atoms with Crippen molar-refractivity contribution in [1.29, 1.82) is 0 Å². The predicted molar refractivity (Wildman–Crippen MR) is 256 cm³/mol. The Hall–Kier alpha value is -8.41. The highest BCUT2D eigenvalue weighted by Gasteiger charge is 2.19. The molecule has 5 nitrogen and oxygen atoms in total. The Morgan fingerprint density at radius 1 is 0.242 bits per heavy atom. The summed E-state index contributed by atoms with van der Waals surface area (Å²) in [5.74, 6) is 1.85. The normalized spacial score (nSPS) is 11.5. The first kappa shape index (κ1) is 35.5. The van der Waals surface area contributed by atoms with Gasteiger partial charge in [-0.15, -0.1) is 0 Å². The lowest BCUT2D eigenvalue weighted by Crippen LogP contribution is -2.06. The summed E-state index contributed by atoms with van der Waals surface area (Å²) >= 11 is 0. The molecule has 290 valence electrons. The van der Waals surface area contributed by atoms with Crippen molar-refractivity contribution in [2.75, 3.05) is 0 Å². The third-order valence-electron chi connectivity index (χ3n) is 12.0. The molecule has 0 fully saturated rings. The zero-order valence-electron chi connectivity index (χ0n) is 33.6. The average Bonchev–Trinajstić information content (AvgIpc) is 3.87. The van der Waals surface area contributed by atoms with Crippen molar-refractivity contribution >= 4 is 43.6 Å². The van der Waals surface area contributed by atoms with E-state index in [9.17, 15) is 0 Å². The van der Waals surface area contributed by atoms with Crippen LogP contribution in [0.5, 0.6) is 0 Å². The monoisotopic (exact) mass is 791 g/mol. The van der Waals surface area contributed by atoms with Gasteiger partial charge in [-0.1, -0.05) is 170 Å². The molecule has 0 saturated heterocycles. The lowest BCUT2D eigenvalue weighted by atomic mass is 9.97. The summed E-state index contributed by atoms with van der Waals surface area (Å²) in [5, 5.41) is 4.74. The van der Waals surface area contributed by atoms with Gasteiger partial charge < -0.3 is 4.57 Å². The smallest absolute Gasteiger partial charge is 0.238 e. The van der Waals surface area contributed by atoms with E-state index in [4.69, 9.17) is 15.0 Å². The molecular formula is C57H37N5. The second-order valence-electron chi connectivity index (χ2n) is 15.7. The number of hydrogen-bond donors (Lipinski definition) is 0. The van der Waals surface area contributed by atoms with Crippen LogP contribution in [0.1, 0.15) is 0 Å². The third kappa shape index (κ3) is 6.06. The highest BCUT2D eigenvalue weighted by atomic mass is 15.2. The van der Waals surface area contributed by atoms with E-state index in [1.54, 1.807) is 0 Å². The minimum Gasteiger partial charge on any atom is -0.309 e. The van der Waals surface area contributed by atoms with Crippen LogP contribution >= 0.6 is 0 Å². The van der Waals surface area contributed by atoms with Gasteiger partial charge >= 0.3 is 0 Å². The fourth-order valence-corrected chi connectivity index (χ4v) is 9.01. The van der Waals surface area contributed by atoms with Crippen LogP contribution in [0.25, 0.3) is 111 Å². The Kier molecular flexibility index (Phi) is 8.42. The number of nitrogens with zero attached hydrogens (tertiary/aromatic N) is 5. The largest absolute Gasteiger partial charge is 0.309 e. The lowest BCUT2D eigenvalue weighted by Gasteiger charge is -2.11. The van der Waals surface area contributed by atoms with Gasteiger partial charge in [-0.2, -0.15) is 9.97 Å². The van der Waals surface area contributed by atoms with E-state index >= 15 is 0 Å². The van der Waals surface area contributed by atoms with Gasteiger partial charge in [0, 0.05) is 38.4 Å². The summed E-state index contributed by atoms with van der Waals surface area (Å²) in [7, 11) is 0. The van der Waals surface area contributed by atoms with Crippen LogP contribution in [0.15, 0.2) is 224 Å². The standard InChI is InChI=1S/C57H37N5/c1-4-15-38(16-5-1)39-27-31-46(32-28-39)61-51-25-12-10-23-47(51)49-36-44(29-33-53(49)61)42-21-14-22-43(35-42)45-30-34-54-50(37-45)48-24-11-13-26-52(48)62(54)57-59-55(40-17-6-2-7-18-40)58-56(60-57)41-19-8-3-9-20-41/h1-37H. The van der Waals surface area contributed by atoms with Gasteiger partial charge in [0.15, 0.2) is 11.6 Å². The minimum atomic E-state index is 0.583. The number of aromatic nitrogens is 5. The van der Waals surface area contributed by atoms with Crippen molar-refractivity contribution < 1.29 is 0 Å². The van der Waals surface area contributed by atoms with Gasteiger partial charge in [-0.25, -0.2) is 4.98 Å². The lowest BCUT2D eigenvalue weighted by molar-refractivity contribution is 0.953. The van der Waals surface area contributed by atoms with Crippen molar-refractivity contribution in [3.63, 3.8) is 0 Å². The summed E-state index contributed by atoms with van der Waals surface area (Å²) in [6.45, 7) is 0. The van der Waals surface area contributed by atoms with Crippen LogP contribution in [0.2, 0.25) is 0 Å². The number of fused-ring (bicyclic) bond motifs is 6. The Morgan fingerprint density at radius 2 is 0.629 bits per heavy atom. The SMILES string of the molecule is c1ccc(-c2ccc(-n3c4ccccc4c4cc(-c5cccc(-c6ccc7c(c6)c6ccccc6n7-c6nc(-c7ccccc7)nc(-c7ccccc7)n6)c5)ccc43)cc2)cc1. The summed E-state index contributed by atoms with van der Waals surface area (Å²) in [6.07, 6.45) is 0. The summed E-state index contributed by atoms with van der Waals surface area (Å²) < 4.78 is 4.56. The van der Waals surface area contributed by atoms with Gasteiger partial charge in [0.25, 0.3) is 0 Å². The second kappa shape index (κ2) is 14.7. The maximum Gasteiger partial charge on any atom is 0.238 e. The molecule has 0 saturated carbocycles. The molecule has 12 aromatic rings. The Balaban J connectivity index is 0.948. The summed E-state index contributed by atoms with van der Waals surface area (Å²) in [6, 6.07) is 79.5. The fraction of sp³-hybridized carbons (Fsp3) is 0. The van der Waals surface area contributed by atoms with Crippen LogP contribution in [0.4, 0.5) is 0 Å². The van der Waals surface area contributed by atoms with Crippen LogP contribution in [-0.2, 0) is 0 Å². The summed E-state index contributed by atoms with van der Waals surface area (Å²) in [4.78, 5) is 15.2. The van der Waals surface area contributed by atoms with Crippen LogP contribution in [-0.4, -0.2) is 24.1 Å². The molecule has 0 amide bonds. The molecule has 0 N–H and O–H groups in total. The second-order valence-corrected chi connectivity index (χ2v) is 15.7. The molecule has 0 bridgehead atoms. The molecular weight excluding hydrogens is 755 g/mol. The molecule has 62 heavy (non-hydrogen) atoms. The molecule has 12 rings (SSSR count). The number of benzene rings is 9. The van der Waals surface area contributed by atoms with Crippen molar-refractivity contribution in [2.24, 2.45) is 0 Å². The van der Waals surface area contributed by atoms with Gasteiger partial charge in [-0.05, 0) is 88.0 Å². The number of rotatable bonds is 7. The predicted octanol–water partition coefficient (Wildman–Crippen LogP) is 14.4. The highest BCUT2D eigenvalue weighted by molar-refractivity contribution is 6.11. The molecule has 0 spiro atoms. The molecule has 0 aliphatic carbocycles. The Labute approximate surface area is 358 Å². The molecule has 5 heteroatoms. The van der Waals surface area contributed by atoms with Crippen molar-refractivity contribution in [3.8, 4) is 67.8 Å². The first-order chi connectivity index (χ1) is 30.7. The number of para-hydroxylation sites is 2. The molecule has 0 aliphatic heterocycles. The maximum absolute atomic E-state index is 5.11. The first-order valence-electron chi connectivity index (χ1n) is 20.9. The van der Waals surface area contributed by atoms with Crippen molar-refractivity contribution in [3.05, 3.63) is 224 Å². The third-order valence-corrected chi connectivity index (χ3v) is 12.0. The van der Waals surface area contributed by atoms with Crippen molar-refractivity contribution in [1.82, 2.24) is 24.1 Å². The zero-order valence-corrected chi connectivity index (χ0v) is 33.6. The molecule has 3 aromatic heterocycles. The van der Waals surface area contributed by atoms with E-state index in [1.165, 1.54) is 44.1 Å². The topological polar surface area (TPSA) is 48.5 Å². The quantitative estimate of drug-likeness (QED) is 0.162. The maximum atomic E-state index is 5.11. The van der Waals surface area contributed by atoms with Crippen LogP contribution in [0, 0.1) is 0 Å². The van der Waals surface area contributed by atoms with Gasteiger partial charge in [-0.3, -0.25) is 4.57 Å². The van der Waals surface area contributed by atoms with Gasteiger partial charge in [0.05, 0.1) is 22.1 Å². The Bertz CT molecular complexity index is 3550. The molecule has 3 heterocycles. The Morgan fingerprint density at radius 3 is 1.18 bits per heavy atom. The first-order valence-corrected chi connectivity index (χ1v) is 20.9. The molecule has 0 atom stereocenters. The summed E-state index contributed by atoms with van der Waals surface area (Å²) in [5.41, 5.74) is 14.5.